The summed E-state index contributed by atoms with van der Waals surface area (Å²) in [5, 5.41) is 2.51. The van der Waals surface area contributed by atoms with Crippen LogP contribution in [-0.4, -0.2) is 25.2 Å². The molecule has 0 aromatic heterocycles. The van der Waals surface area contributed by atoms with E-state index in [-0.39, 0.29) is 6.04 Å². The van der Waals surface area contributed by atoms with E-state index >= 15 is 0 Å². The van der Waals surface area contributed by atoms with E-state index in [1.165, 1.54) is 12.8 Å². The minimum absolute atomic E-state index is 0.00710. The molecular formula is C9H15F2NO2. The molecule has 82 valence electrons. The molecule has 1 fully saturated rings. The van der Waals surface area contributed by atoms with Crippen LogP contribution in [0.25, 0.3) is 0 Å². The first kappa shape index (κ1) is 11.2. The van der Waals surface area contributed by atoms with Crippen LogP contribution in [0.15, 0.2) is 0 Å². The average molecular weight is 207 g/mol. The molecule has 1 amide bonds. The number of carbonyl (C=O) groups excluding carboxylic acids is 1. The molecule has 1 aliphatic rings. The second-order valence-electron chi connectivity index (χ2n) is 3.71. The number of halogens is 2. The largest absolute Gasteiger partial charge is 0.443 e. The van der Waals surface area contributed by atoms with Crippen molar-refractivity contribution >= 4 is 6.09 Å². The predicted octanol–water partition coefficient (Wildman–Crippen LogP) is 2.17. The van der Waals surface area contributed by atoms with Crippen LogP contribution >= 0.6 is 0 Å². The zero-order valence-corrected chi connectivity index (χ0v) is 8.13. The lowest BCUT2D eigenvalue weighted by atomic mass is 10.2. The van der Waals surface area contributed by atoms with Gasteiger partial charge in [0.05, 0.1) is 0 Å². The first-order chi connectivity index (χ1) is 6.58. The Labute approximate surface area is 81.8 Å². The van der Waals surface area contributed by atoms with Gasteiger partial charge in [-0.3, -0.25) is 0 Å². The number of alkyl halides is 2. The summed E-state index contributed by atoms with van der Waals surface area (Å²) >= 11 is 0. The van der Waals surface area contributed by atoms with Crippen molar-refractivity contribution in [3.63, 3.8) is 0 Å². The molecule has 0 saturated heterocycles. The van der Waals surface area contributed by atoms with Crippen LogP contribution in [0.3, 0.4) is 0 Å². The van der Waals surface area contributed by atoms with Crippen LogP contribution in [0.4, 0.5) is 13.6 Å². The zero-order valence-electron chi connectivity index (χ0n) is 8.13. The highest BCUT2D eigenvalue weighted by molar-refractivity contribution is 5.67. The quantitative estimate of drug-likeness (QED) is 0.750. The van der Waals surface area contributed by atoms with E-state index < -0.39 is 19.1 Å². The number of rotatable bonds is 5. The van der Waals surface area contributed by atoms with Gasteiger partial charge in [0, 0.05) is 6.04 Å². The van der Waals surface area contributed by atoms with Crippen molar-refractivity contribution in [1.29, 1.82) is 0 Å². The van der Waals surface area contributed by atoms with Gasteiger partial charge in [0.2, 0.25) is 0 Å². The molecule has 1 N–H and O–H groups in total. The molecule has 3 nitrogen and oxygen atoms in total. The molecule has 1 unspecified atom stereocenters. The van der Waals surface area contributed by atoms with Crippen molar-refractivity contribution < 1.29 is 18.3 Å². The van der Waals surface area contributed by atoms with Crippen molar-refractivity contribution in [2.75, 3.05) is 6.61 Å². The van der Waals surface area contributed by atoms with E-state index in [0.717, 1.165) is 6.42 Å². The van der Waals surface area contributed by atoms with Crippen LogP contribution < -0.4 is 5.32 Å². The fourth-order valence-electron chi connectivity index (χ4n) is 1.29. The molecule has 1 aliphatic carbocycles. The number of hydrogen-bond acceptors (Lipinski definition) is 2. The van der Waals surface area contributed by atoms with Crippen molar-refractivity contribution in [1.82, 2.24) is 5.32 Å². The molecule has 0 heterocycles. The van der Waals surface area contributed by atoms with E-state index in [1.807, 2.05) is 6.92 Å². The molecule has 0 aliphatic heterocycles. The fraction of sp³-hybridized carbons (Fsp3) is 0.889. The number of amides is 1. The van der Waals surface area contributed by atoms with Gasteiger partial charge in [0.1, 0.15) is 0 Å². The molecule has 5 heteroatoms. The lowest BCUT2D eigenvalue weighted by Crippen LogP contribution is -2.34. The Morgan fingerprint density at radius 3 is 2.71 bits per heavy atom. The van der Waals surface area contributed by atoms with E-state index in [9.17, 15) is 13.6 Å². The van der Waals surface area contributed by atoms with E-state index in [0.29, 0.717) is 5.92 Å². The third-order valence-electron chi connectivity index (χ3n) is 2.09. The van der Waals surface area contributed by atoms with Crippen LogP contribution in [0.5, 0.6) is 0 Å². The molecule has 0 spiro atoms. The highest BCUT2D eigenvalue weighted by Crippen LogP contribution is 2.33. The highest BCUT2D eigenvalue weighted by atomic mass is 19.3. The molecule has 0 aromatic rings. The third kappa shape index (κ3) is 4.99. The maximum absolute atomic E-state index is 11.6. The average Bonchev–Trinajstić information content (AvgIpc) is 2.84. The first-order valence-corrected chi connectivity index (χ1v) is 4.79. The van der Waals surface area contributed by atoms with Crippen molar-refractivity contribution in [3.8, 4) is 0 Å². The molecule has 0 bridgehead atoms. The molecule has 1 saturated carbocycles. The smallest absolute Gasteiger partial charge is 0.407 e. The molecule has 14 heavy (non-hydrogen) atoms. The maximum Gasteiger partial charge on any atom is 0.407 e. The van der Waals surface area contributed by atoms with Gasteiger partial charge in [-0.25, -0.2) is 13.6 Å². The summed E-state index contributed by atoms with van der Waals surface area (Å²) in [5.74, 6) is 0.695. The Morgan fingerprint density at radius 2 is 2.21 bits per heavy atom. The number of nitrogens with one attached hydrogen (secondary N) is 1. The Morgan fingerprint density at radius 1 is 1.57 bits per heavy atom. The third-order valence-corrected chi connectivity index (χ3v) is 2.09. The summed E-state index contributed by atoms with van der Waals surface area (Å²) in [6.45, 7) is 1.02. The number of hydrogen-bond donors (Lipinski definition) is 1. The summed E-state index contributed by atoms with van der Waals surface area (Å²) in [4.78, 5) is 10.9. The number of alkyl carbamates (subject to hydrolysis) is 1. The van der Waals surface area contributed by atoms with Crippen LogP contribution in [-0.2, 0) is 4.74 Å². The second-order valence-corrected chi connectivity index (χ2v) is 3.71. The van der Waals surface area contributed by atoms with E-state index in [2.05, 4.69) is 10.1 Å². The van der Waals surface area contributed by atoms with Gasteiger partial charge in [-0.05, 0) is 19.3 Å². The lowest BCUT2D eigenvalue weighted by molar-refractivity contribution is 0.0476. The van der Waals surface area contributed by atoms with E-state index in [4.69, 9.17) is 0 Å². The van der Waals surface area contributed by atoms with Crippen LogP contribution in [0.1, 0.15) is 26.2 Å². The fourth-order valence-corrected chi connectivity index (χ4v) is 1.29. The van der Waals surface area contributed by atoms with Crippen LogP contribution in [0.2, 0.25) is 0 Å². The number of carbonyl (C=O) groups is 1. The summed E-state index contributed by atoms with van der Waals surface area (Å²) in [5.41, 5.74) is 0. The zero-order chi connectivity index (χ0) is 10.6. The minimum Gasteiger partial charge on any atom is -0.443 e. The van der Waals surface area contributed by atoms with Gasteiger partial charge in [0.25, 0.3) is 6.43 Å². The Hall–Kier alpha value is -0.870. The maximum atomic E-state index is 11.6. The SMILES string of the molecule is CC(CC1CC1)NC(=O)OCC(F)F. The Bertz CT molecular complexity index is 195. The summed E-state index contributed by atoms with van der Waals surface area (Å²) < 4.78 is 27.6. The second kappa shape index (κ2) is 5.12. The van der Waals surface area contributed by atoms with Crippen LogP contribution in [0, 0.1) is 5.92 Å². The molecule has 0 radical (unpaired) electrons. The monoisotopic (exact) mass is 207 g/mol. The van der Waals surface area contributed by atoms with Gasteiger partial charge >= 0.3 is 6.09 Å². The Balaban J connectivity index is 2.05. The normalized spacial score (nSPS) is 18.0. The minimum atomic E-state index is -2.60. The molecular weight excluding hydrogens is 192 g/mol. The van der Waals surface area contributed by atoms with Gasteiger partial charge in [-0.2, -0.15) is 0 Å². The van der Waals surface area contributed by atoms with Crippen molar-refractivity contribution in [3.05, 3.63) is 0 Å². The van der Waals surface area contributed by atoms with Gasteiger partial charge in [-0.15, -0.1) is 0 Å². The van der Waals surface area contributed by atoms with Gasteiger partial charge in [-0.1, -0.05) is 12.8 Å². The summed E-state index contributed by atoms with van der Waals surface area (Å²) in [7, 11) is 0. The predicted molar refractivity (Wildman–Crippen MR) is 47.3 cm³/mol. The van der Waals surface area contributed by atoms with E-state index in [1.54, 1.807) is 0 Å². The standard InChI is InChI=1S/C9H15F2NO2/c1-6(4-7-2-3-7)12-9(13)14-5-8(10)11/h6-8H,2-5H2,1H3,(H,12,13). The first-order valence-electron chi connectivity index (χ1n) is 4.79. The molecule has 1 rings (SSSR count). The lowest BCUT2D eigenvalue weighted by Gasteiger charge is -2.13. The van der Waals surface area contributed by atoms with Crippen molar-refractivity contribution in [2.24, 2.45) is 5.92 Å². The summed E-state index contributed by atoms with van der Waals surface area (Å²) in [6, 6.07) is 0.00710. The van der Waals surface area contributed by atoms with Gasteiger partial charge < -0.3 is 10.1 Å². The molecule has 1 atom stereocenters. The number of ether oxygens (including phenoxy) is 1. The highest BCUT2D eigenvalue weighted by Gasteiger charge is 2.24. The Kier molecular flexibility index (Phi) is 4.10. The molecule has 0 aromatic carbocycles. The summed E-state index contributed by atoms with van der Waals surface area (Å²) in [6.07, 6.45) is -0.0297. The topological polar surface area (TPSA) is 38.3 Å². The van der Waals surface area contributed by atoms with Crippen molar-refractivity contribution in [2.45, 2.75) is 38.7 Å². The van der Waals surface area contributed by atoms with Gasteiger partial charge in [0.15, 0.2) is 6.61 Å².